The van der Waals surface area contributed by atoms with Gasteiger partial charge in [0.2, 0.25) is 10.0 Å². The Kier molecular flexibility index (Phi) is 6.67. The summed E-state index contributed by atoms with van der Waals surface area (Å²) < 4.78 is 33.4. The molecule has 2 heterocycles. The molecule has 3 rings (SSSR count). The molecule has 2 aromatic rings. The molecule has 1 saturated heterocycles. The third-order valence-electron chi connectivity index (χ3n) is 5.06. The van der Waals surface area contributed by atoms with Gasteiger partial charge in [-0.25, -0.2) is 13.4 Å². The minimum atomic E-state index is -3.59. The summed E-state index contributed by atoms with van der Waals surface area (Å²) in [5, 5.41) is 3.26. The van der Waals surface area contributed by atoms with E-state index in [2.05, 4.69) is 31.1 Å². The zero-order valence-corrected chi connectivity index (χ0v) is 19.6. The summed E-state index contributed by atoms with van der Waals surface area (Å²) in [6.45, 7) is 11.7. The zero-order chi connectivity index (χ0) is 21.2. The van der Waals surface area contributed by atoms with Crippen molar-refractivity contribution >= 4 is 21.4 Å². The van der Waals surface area contributed by atoms with Crippen LogP contribution in [0.25, 0.3) is 0 Å². The summed E-state index contributed by atoms with van der Waals surface area (Å²) in [7, 11) is -2.09. The minimum absolute atomic E-state index is 0.0550. The van der Waals surface area contributed by atoms with Crippen molar-refractivity contribution in [3.05, 3.63) is 39.8 Å². The molecule has 1 aliphatic rings. The molecule has 6 nitrogen and oxygen atoms in total. The minimum Gasteiger partial charge on any atom is -0.495 e. The van der Waals surface area contributed by atoms with Crippen LogP contribution in [0.5, 0.6) is 5.75 Å². The summed E-state index contributed by atoms with van der Waals surface area (Å²) in [6.07, 6.45) is 0.795. The highest BCUT2D eigenvalue weighted by molar-refractivity contribution is 7.89. The molecule has 0 radical (unpaired) electrons. The first-order valence-electron chi connectivity index (χ1n) is 9.93. The first-order chi connectivity index (χ1) is 13.6. The van der Waals surface area contributed by atoms with Crippen molar-refractivity contribution in [1.29, 1.82) is 0 Å². The number of nitrogens with zero attached hydrogens (tertiary/aromatic N) is 3. The van der Waals surface area contributed by atoms with E-state index in [1.165, 1.54) is 7.11 Å². The lowest BCUT2D eigenvalue weighted by atomic mass is 9.98. The van der Waals surface area contributed by atoms with Crippen molar-refractivity contribution in [2.45, 2.75) is 51.0 Å². The molecule has 0 aliphatic carbocycles. The highest BCUT2D eigenvalue weighted by Gasteiger charge is 2.30. The second-order valence-electron chi connectivity index (χ2n) is 8.58. The number of rotatable bonds is 5. The van der Waals surface area contributed by atoms with E-state index in [9.17, 15) is 8.42 Å². The highest BCUT2D eigenvalue weighted by atomic mass is 32.2. The van der Waals surface area contributed by atoms with E-state index < -0.39 is 10.0 Å². The lowest BCUT2D eigenvalue weighted by Crippen LogP contribution is -2.35. The van der Waals surface area contributed by atoms with Crippen molar-refractivity contribution in [3.63, 3.8) is 0 Å². The van der Waals surface area contributed by atoms with Crippen LogP contribution in [-0.4, -0.2) is 55.9 Å². The van der Waals surface area contributed by atoms with Gasteiger partial charge in [0.25, 0.3) is 0 Å². The Morgan fingerprint density at radius 2 is 1.93 bits per heavy atom. The molecular formula is C21H31N3O3S2. The molecule has 0 N–H and O–H groups in total. The number of ether oxygens (including phenoxy) is 1. The lowest BCUT2D eigenvalue weighted by molar-refractivity contribution is 0.275. The Labute approximate surface area is 178 Å². The number of sulfonamides is 1. The number of thiazole rings is 1. The van der Waals surface area contributed by atoms with E-state index >= 15 is 0 Å². The van der Waals surface area contributed by atoms with E-state index in [1.807, 2.05) is 13.0 Å². The fraction of sp³-hybridized carbons (Fsp3) is 0.571. The third-order valence-corrected chi connectivity index (χ3v) is 8.30. The molecule has 1 aromatic carbocycles. The van der Waals surface area contributed by atoms with Gasteiger partial charge in [0, 0.05) is 37.0 Å². The summed E-state index contributed by atoms with van der Waals surface area (Å²) in [4.78, 5) is 7.33. The van der Waals surface area contributed by atoms with Crippen molar-refractivity contribution < 1.29 is 13.2 Å². The zero-order valence-electron chi connectivity index (χ0n) is 17.9. The van der Waals surface area contributed by atoms with Gasteiger partial charge < -0.3 is 4.74 Å². The van der Waals surface area contributed by atoms with Gasteiger partial charge in [-0.3, -0.25) is 4.90 Å². The van der Waals surface area contributed by atoms with Crippen LogP contribution < -0.4 is 4.74 Å². The van der Waals surface area contributed by atoms with Crippen LogP contribution in [0.1, 0.15) is 43.5 Å². The Bertz CT molecular complexity index is 948. The standard InChI is InChI=1S/C21H31N3O3S2/c1-16-7-8-18(27-5)19(13-16)29(25,26)24-10-6-9-23(11-12-24)14-17-15-28-20(22-17)21(2,3)4/h7-8,13,15H,6,9-12,14H2,1-5H3. The smallest absolute Gasteiger partial charge is 0.246 e. The summed E-state index contributed by atoms with van der Waals surface area (Å²) in [6, 6.07) is 5.28. The maximum absolute atomic E-state index is 13.3. The number of hydrogen-bond donors (Lipinski definition) is 0. The normalized spacial score (nSPS) is 17.3. The lowest BCUT2D eigenvalue weighted by Gasteiger charge is -2.22. The number of benzene rings is 1. The Morgan fingerprint density at radius 3 is 2.59 bits per heavy atom. The fourth-order valence-corrected chi connectivity index (χ4v) is 6.03. The first-order valence-corrected chi connectivity index (χ1v) is 12.3. The predicted molar refractivity (Wildman–Crippen MR) is 117 cm³/mol. The van der Waals surface area contributed by atoms with Gasteiger partial charge in [-0.2, -0.15) is 4.31 Å². The second-order valence-corrected chi connectivity index (χ2v) is 11.3. The second kappa shape index (κ2) is 8.71. The molecule has 0 spiro atoms. The van der Waals surface area contributed by atoms with E-state index in [1.54, 1.807) is 27.8 Å². The number of aryl methyl sites for hydroxylation is 1. The van der Waals surface area contributed by atoms with Crippen LogP contribution in [0.15, 0.2) is 28.5 Å². The van der Waals surface area contributed by atoms with Gasteiger partial charge >= 0.3 is 0 Å². The van der Waals surface area contributed by atoms with Crippen molar-refractivity contribution in [3.8, 4) is 5.75 Å². The molecule has 1 fully saturated rings. The third kappa shape index (κ3) is 5.17. The quantitative estimate of drug-likeness (QED) is 0.714. The van der Waals surface area contributed by atoms with E-state index in [0.29, 0.717) is 25.4 Å². The molecule has 0 saturated carbocycles. The van der Waals surface area contributed by atoms with Gasteiger partial charge in [-0.1, -0.05) is 26.8 Å². The summed E-state index contributed by atoms with van der Waals surface area (Å²) in [5.74, 6) is 0.397. The van der Waals surface area contributed by atoms with Gasteiger partial charge in [0.05, 0.1) is 17.8 Å². The number of aromatic nitrogens is 1. The first kappa shape index (κ1) is 22.2. The molecule has 1 aliphatic heterocycles. The van der Waals surface area contributed by atoms with E-state index in [0.717, 1.165) is 35.8 Å². The largest absolute Gasteiger partial charge is 0.495 e. The molecule has 0 atom stereocenters. The molecule has 0 bridgehead atoms. The number of hydrogen-bond acceptors (Lipinski definition) is 6. The molecule has 0 amide bonds. The van der Waals surface area contributed by atoms with Crippen LogP contribution in [0.2, 0.25) is 0 Å². The van der Waals surface area contributed by atoms with E-state index in [-0.39, 0.29) is 10.3 Å². The van der Waals surface area contributed by atoms with Crippen LogP contribution in [-0.2, 0) is 22.0 Å². The number of methoxy groups -OCH3 is 1. The average Bonchev–Trinajstić information content (AvgIpc) is 3.00. The molecular weight excluding hydrogens is 406 g/mol. The monoisotopic (exact) mass is 437 g/mol. The molecule has 29 heavy (non-hydrogen) atoms. The molecule has 8 heteroatoms. The predicted octanol–water partition coefficient (Wildman–Crippen LogP) is 3.65. The molecule has 0 unspecified atom stereocenters. The SMILES string of the molecule is COc1ccc(C)cc1S(=O)(=O)N1CCCN(Cc2csc(C(C)(C)C)n2)CC1. The van der Waals surface area contributed by atoms with Crippen LogP contribution in [0.3, 0.4) is 0 Å². The maximum Gasteiger partial charge on any atom is 0.246 e. The average molecular weight is 438 g/mol. The van der Waals surface area contributed by atoms with Gasteiger partial charge in [-0.05, 0) is 37.6 Å². The van der Waals surface area contributed by atoms with Crippen LogP contribution in [0.4, 0.5) is 0 Å². The van der Waals surface area contributed by atoms with Crippen molar-refractivity contribution in [2.24, 2.45) is 0 Å². The van der Waals surface area contributed by atoms with Crippen LogP contribution in [0, 0.1) is 6.92 Å². The summed E-state index contributed by atoms with van der Waals surface area (Å²) in [5.41, 5.74) is 2.02. The van der Waals surface area contributed by atoms with Gasteiger partial charge in [0.1, 0.15) is 10.6 Å². The van der Waals surface area contributed by atoms with Gasteiger partial charge in [0.15, 0.2) is 0 Å². The summed E-state index contributed by atoms with van der Waals surface area (Å²) >= 11 is 1.70. The molecule has 1 aromatic heterocycles. The van der Waals surface area contributed by atoms with Gasteiger partial charge in [-0.15, -0.1) is 11.3 Å². The topological polar surface area (TPSA) is 62.7 Å². The fourth-order valence-electron chi connectivity index (χ4n) is 3.42. The van der Waals surface area contributed by atoms with Crippen molar-refractivity contribution in [1.82, 2.24) is 14.2 Å². The molecule has 160 valence electrons. The Morgan fingerprint density at radius 1 is 1.17 bits per heavy atom. The van der Waals surface area contributed by atoms with E-state index in [4.69, 9.17) is 9.72 Å². The Hall–Kier alpha value is -1.48. The highest BCUT2D eigenvalue weighted by Crippen LogP contribution is 2.29. The maximum atomic E-state index is 13.3. The van der Waals surface area contributed by atoms with Crippen LogP contribution >= 0.6 is 11.3 Å². The van der Waals surface area contributed by atoms with Crippen molar-refractivity contribution in [2.75, 3.05) is 33.3 Å². The Balaban J connectivity index is 1.71.